The van der Waals surface area contributed by atoms with Crippen LogP contribution in [0.5, 0.6) is 0 Å². The minimum atomic E-state index is -0.878. The third-order valence-corrected chi connectivity index (χ3v) is 1.17. The van der Waals surface area contributed by atoms with Crippen LogP contribution in [-0.4, -0.2) is 18.2 Å². The summed E-state index contributed by atoms with van der Waals surface area (Å²) >= 11 is 0. The van der Waals surface area contributed by atoms with Crippen LogP contribution in [0.1, 0.15) is 6.92 Å². The second-order valence-electron chi connectivity index (χ2n) is 1.54. The summed E-state index contributed by atoms with van der Waals surface area (Å²) in [6, 6.07) is 1.68. The van der Waals surface area contributed by atoms with Gasteiger partial charge in [0.05, 0.1) is 6.16 Å². The fourth-order valence-corrected chi connectivity index (χ4v) is 0.664. The van der Waals surface area contributed by atoms with Gasteiger partial charge in [0.1, 0.15) is 6.07 Å². The Morgan fingerprint density at radius 3 is 2.80 bits per heavy atom. The lowest BCUT2D eigenvalue weighted by atomic mass is 10.4. The highest BCUT2D eigenvalue weighted by molar-refractivity contribution is 7.23. The molecule has 10 heavy (non-hydrogen) atoms. The van der Waals surface area contributed by atoms with E-state index in [1.807, 2.05) is 0 Å². The molecule has 0 aliphatic heterocycles. The first-order valence-electron chi connectivity index (χ1n) is 2.56. The van der Waals surface area contributed by atoms with Crippen molar-refractivity contribution in [3.8, 4) is 6.07 Å². The van der Waals surface area contributed by atoms with Crippen molar-refractivity contribution in [1.29, 1.82) is 5.26 Å². The molecule has 0 aromatic heterocycles. The van der Waals surface area contributed by atoms with E-state index >= 15 is 0 Å². The van der Waals surface area contributed by atoms with Gasteiger partial charge in [-0.1, -0.05) is 0 Å². The third kappa shape index (κ3) is 3.99. The average Bonchev–Trinajstić information content (AvgIpc) is 1.86. The SMILES string of the molecule is CC(=O)OC(C#N)CP=O. The van der Waals surface area contributed by atoms with Gasteiger partial charge in [-0.15, -0.1) is 0 Å². The van der Waals surface area contributed by atoms with Gasteiger partial charge in [0.15, 0.2) is 14.6 Å². The first-order valence-corrected chi connectivity index (χ1v) is 3.56. The molecule has 0 aliphatic rings. The summed E-state index contributed by atoms with van der Waals surface area (Å²) in [5, 5.41) is 8.24. The van der Waals surface area contributed by atoms with Gasteiger partial charge in [0.2, 0.25) is 0 Å². The van der Waals surface area contributed by atoms with Crippen molar-refractivity contribution >= 4 is 14.4 Å². The molecule has 0 aromatic carbocycles. The molecule has 5 heteroatoms. The second kappa shape index (κ2) is 4.89. The molecule has 0 rings (SSSR count). The highest BCUT2D eigenvalue weighted by atomic mass is 31.1. The van der Waals surface area contributed by atoms with Crippen LogP contribution < -0.4 is 0 Å². The fraction of sp³-hybridized carbons (Fsp3) is 0.600. The monoisotopic (exact) mass is 159 g/mol. The van der Waals surface area contributed by atoms with Gasteiger partial charge in [0.25, 0.3) is 0 Å². The molecule has 0 fully saturated rings. The number of esters is 1. The highest BCUT2D eigenvalue weighted by Gasteiger charge is 2.08. The van der Waals surface area contributed by atoms with Gasteiger partial charge < -0.3 is 4.74 Å². The summed E-state index contributed by atoms with van der Waals surface area (Å²) in [5.41, 5.74) is 0. The van der Waals surface area contributed by atoms with E-state index in [1.165, 1.54) is 6.92 Å². The number of nitrogens with zero attached hydrogens (tertiary/aromatic N) is 1. The molecule has 1 atom stereocenters. The van der Waals surface area contributed by atoms with E-state index < -0.39 is 12.1 Å². The van der Waals surface area contributed by atoms with Crippen LogP contribution in [0.2, 0.25) is 0 Å². The van der Waals surface area contributed by atoms with Crippen LogP contribution in [0.15, 0.2) is 0 Å². The minimum absolute atomic E-state index is 0.0378. The summed E-state index contributed by atoms with van der Waals surface area (Å²) in [7, 11) is -0.189. The number of carbonyl (C=O) groups is 1. The Kier molecular flexibility index (Phi) is 4.43. The molecule has 4 nitrogen and oxygen atoms in total. The first kappa shape index (κ1) is 9.06. The van der Waals surface area contributed by atoms with Gasteiger partial charge in [-0.25, -0.2) is 0 Å². The van der Waals surface area contributed by atoms with Crippen molar-refractivity contribution in [1.82, 2.24) is 0 Å². The lowest BCUT2D eigenvalue weighted by molar-refractivity contribution is -0.142. The van der Waals surface area contributed by atoms with Crippen molar-refractivity contribution in [3.05, 3.63) is 0 Å². The summed E-state index contributed by atoms with van der Waals surface area (Å²) in [6.45, 7) is 1.20. The highest BCUT2D eigenvalue weighted by Crippen LogP contribution is 2.00. The predicted molar refractivity (Wildman–Crippen MR) is 33.6 cm³/mol. The van der Waals surface area contributed by atoms with Gasteiger partial charge in [-0.3, -0.25) is 9.36 Å². The van der Waals surface area contributed by atoms with Gasteiger partial charge >= 0.3 is 5.97 Å². The summed E-state index contributed by atoms with van der Waals surface area (Å²) in [5.74, 6) is -0.532. The van der Waals surface area contributed by atoms with E-state index in [2.05, 4.69) is 4.74 Å². The number of carbonyl (C=O) groups excluding carboxylic acids is 1. The van der Waals surface area contributed by atoms with E-state index in [1.54, 1.807) is 6.07 Å². The van der Waals surface area contributed by atoms with E-state index in [0.717, 1.165) is 0 Å². The normalized spacial score (nSPS) is 12.0. The van der Waals surface area contributed by atoms with Crippen LogP contribution >= 0.6 is 8.46 Å². The number of rotatable bonds is 3. The van der Waals surface area contributed by atoms with Crippen LogP contribution in [0.4, 0.5) is 0 Å². The average molecular weight is 159 g/mol. The maximum Gasteiger partial charge on any atom is 0.303 e. The zero-order chi connectivity index (χ0) is 7.98. The largest absolute Gasteiger partial charge is 0.446 e. The third-order valence-electron chi connectivity index (χ3n) is 0.693. The Balaban J connectivity index is 3.74. The van der Waals surface area contributed by atoms with Crippen molar-refractivity contribution in [2.45, 2.75) is 13.0 Å². The van der Waals surface area contributed by atoms with Crippen LogP contribution in [0, 0.1) is 11.3 Å². The minimum Gasteiger partial charge on any atom is -0.446 e. The van der Waals surface area contributed by atoms with Crippen LogP contribution in [0.25, 0.3) is 0 Å². The topological polar surface area (TPSA) is 67.2 Å². The molecule has 54 valence electrons. The van der Waals surface area contributed by atoms with E-state index in [9.17, 15) is 9.36 Å². The van der Waals surface area contributed by atoms with Crippen LogP contribution in [-0.2, 0) is 14.1 Å². The summed E-state index contributed by atoms with van der Waals surface area (Å²) in [4.78, 5) is 10.2. The molecular formula is C5H6NO3P. The molecule has 0 saturated carbocycles. The number of hydrogen-bond acceptors (Lipinski definition) is 4. The Bertz CT molecular complexity index is 174. The Morgan fingerprint density at radius 1 is 1.90 bits per heavy atom. The Morgan fingerprint density at radius 2 is 2.50 bits per heavy atom. The molecule has 0 heterocycles. The molecular weight excluding hydrogens is 153 g/mol. The molecule has 1 unspecified atom stereocenters. The summed E-state index contributed by atoms with van der Waals surface area (Å²) < 4.78 is 14.3. The Hall–Kier alpha value is -0.940. The van der Waals surface area contributed by atoms with Crippen molar-refractivity contribution in [2.24, 2.45) is 0 Å². The molecule has 0 aromatic rings. The predicted octanol–water partition coefficient (Wildman–Crippen LogP) is 0.733. The second-order valence-corrected chi connectivity index (χ2v) is 2.16. The van der Waals surface area contributed by atoms with Crippen molar-refractivity contribution < 1.29 is 14.1 Å². The smallest absolute Gasteiger partial charge is 0.303 e. The zero-order valence-electron chi connectivity index (χ0n) is 5.40. The van der Waals surface area contributed by atoms with Gasteiger partial charge in [-0.05, 0) is 0 Å². The van der Waals surface area contributed by atoms with Crippen LogP contribution in [0.3, 0.4) is 0 Å². The molecule has 0 N–H and O–H groups in total. The van der Waals surface area contributed by atoms with Gasteiger partial charge in [0, 0.05) is 6.92 Å². The number of ether oxygens (including phenoxy) is 1. The maximum atomic E-state index is 10.2. The van der Waals surface area contributed by atoms with E-state index in [4.69, 9.17) is 5.26 Å². The zero-order valence-corrected chi connectivity index (χ0v) is 6.30. The standard InChI is InChI=1S/C5H6NO3P/c1-4(7)9-5(2-6)3-10-8/h5H,3H2,1H3. The van der Waals surface area contributed by atoms with Crippen molar-refractivity contribution in [3.63, 3.8) is 0 Å². The molecule has 0 radical (unpaired) electrons. The quantitative estimate of drug-likeness (QED) is 0.449. The summed E-state index contributed by atoms with van der Waals surface area (Å²) in [6.07, 6.45) is -0.840. The number of nitriles is 1. The Labute approximate surface area is 60.0 Å². The van der Waals surface area contributed by atoms with Gasteiger partial charge in [-0.2, -0.15) is 5.26 Å². The molecule has 0 saturated heterocycles. The lowest BCUT2D eigenvalue weighted by Gasteiger charge is -2.02. The molecule has 0 spiro atoms. The first-order chi connectivity index (χ1) is 4.70. The van der Waals surface area contributed by atoms with Crippen molar-refractivity contribution in [2.75, 3.05) is 6.16 Å². The molecule has 0 amide bonds. The lowest BCUT2D eigenvalue weighted by Crippen LogP contribution is -2.15. The molecule has 0 aliphatic carbocycles. The fourth-order valence-electron chi connectivity index (χ4n) is 0.372. The van der Waals surface area contributed by atoms with E-state index in [0.29, 0.717) is 0 Å². The number of hydrogen-bond donors (Lipinski definition) is 0. The molecule has 0 bridgehead atoms. The maximum absolute atomic E-state index is 10.2. The van der Waals surface area contributed by atoms with E-state index in [-0.39, 0.29) is 14.6 Å².